The summed E-state index contributed by atoms with van der Waals surface area (Å²) in [6.45, 7) is 4.04. The number of nitrogens with zero attached hydrogens (tertiary/aromatic N) is 2. The van der Waals surface area contributed by atoms with E-state index in [2.05, 4.69) is 4.98 Å². The maximum absolute atomic E-state index is 12.3. The second kappa shape index (κ2) is 5.77. The fourth-order valence-corrected chi connectivity index (χ4v) is 2.89. The number of aryl methyl sites for hydroxylation is 2. The summed E-state index contributed by atoms with van der Waals surface area (Å²) in [4.78, 5) is 4.72. The minimum absolute atomic E-state index is 0.356. The average molecular weight is 270 g/mol. The highest BCUT2D eigenvalue weighted by atomic mass is 32.2. The smallest absolute Gasteiger partial charge is 0.140 e. The lowest BCUT2D eigenvalue weighted by molar-refractivity contribution is 0.682. The van der Waals surface area contributed by atoms with Crippen molar-refractivity contribution in [1.82, 2.24) is 4.98 Å². The number of hydrogen-bond acceptors (Lipinski definition) is 3. The zero-order valence-electron chi connectivity index (χ0n) is 10.9. The van der Waals surface area contributed by atoms with Crippen LogP contribution >= 0.6 is 0 Å². The Hall–Kier alpha value is -1.99. The molecule has 3 nitrogen and oxygen atoms in total. The maximum atomic E-state index is 12.3. The van der Waals surface area contributed by atoms with Crippen LogP contribution in [0.3, 0.4) is 0 Å². The lowest BCUT2D eigenvalue weighted by Crippen LogP contribution is -1.98. The van der Waals surface area contributed by atoms with Crippen molar-refractivity contribution in [1.29, 1.82) is 5.26 Å². The largest absolute Gasteiger partial charge is 0.254 e. The molecule has 1 aromatic carbocycles. The van der Waals surface area contributed by atoms with Crippen molar-refractivity contribution in [3.05, 3.63) is 58.9 Å². The fraction of sp³-hybridized carbons (Fsp3) is 0.200. The third kappa shape index (κ3) is 3.27. The molecular formula is C15H14N2OS. The van der Waals surface area contributed by atoms with Crippen LogP contribution < -0.4 is 0 Å². The summed E-state index contributed by atoms with van der Waals surface area (Å²) < 4.78 is 12.3. The fourth-order valence-electron chi connectivity index (χ4n) is 1.72. The summed E-state index contributed by atoms with van der Waals surface area (Å²) in [7, 11) is -1.10. The molecule has 0 radical (unpaired) electrons. The first-order valence-electron chi connectivity index (χ1n) is 5.91. The standard InChI is InChI=1S/C15H14N2OS/c1-11-3-4-15(7-12(11)2)19(18)10-13-5-6-17-14(8-13)9-16/h3-8H,10H2,1-2H3. The first kappa shape index (κ1) is 13.4. The molecule has 0 fully saturated rings. The summed E-state index contributed by atoms with van der Waals surface area (Å²) >= 11 is 0. The third-order valence-corrected chi connectivity index (χ3v) is 4.35. The number of pyridine rings is 1. The van der Waals surface area contributed by atoms with Crippen LogP contribution in [-0.4, -0.2) is 9.19 Å². The van der Waals surface area contributed by atoms with Gasteiger partial charge in [0.25, 0.3) is 0 Å². The molecule has 2 aromatic rings. The predicted octanol–water partition coefficient (Wildman–Crippen LogP) is 2.88. The molecular weight excluding hydrogens is 256 g/mol. The lowest BCUT2D eigenvalue weighted by Gasteiger charge is -2.06. The van der Waals surface area contributed by atoms with Gasteiger partial charge in [0.2, 0.25) is 0 Å². The van der Waals surface area contributed by atoms with Crippen molar-refractivity contribution >= 4 is 10.8 Å². The Morgan fingerprint density at radius 1 is 1.21 bits per heavy atom. The quantitative estimate of drug-likeness (QED) is 0.861. The van der Waals surface area contributed by atoms with Gasteiger partial charge in [0.05, 0.1) is 16.6 Å². The second-order valence-electron chi connectivity index (χ2n) is 4.40. The first-order valence-corrected chi connectivity index (χ1v) is 7.22. The molecule has 0 aliphatic rings. The van der Waals surface area contributed by atoms with E-state index in [0.717, 1.165) is 16.0 Å². The molecule has 4 heteroatoms. The van der Waals surface area contributed by atoms with E-state index in [0.29, 0.717) is 11.4 Å². The molecule has 19 heavy (non-hydrogen) atoms. The highest BCUT2D eigenvalue weighted by Crippen LogP contribution is 2.16. The zero-order chi connectivity index (χ0) is 13.8. The number of rotatable bonds is 3. The highest BCUT2D eigenvalue weighted by Gasteiger charge is 2.07. The molecule has 0 aliphatic carbocycles. The van der Waals surface area contributed by atoms with Gasteiger partial charge in [-0.25, -0.2) is 4.98 Å². The molecule has 96 valence electrons. The van der Waals surface area contributed by atoms with Gasteiger partial charge in [0, 0.05) is 11.1 Å². The van der Waals surface area contributed by atoms with Crippen LogP contribution in [0.1, 0.15) is 22.4 Å². The molecule has 1 unspecified atom stereocenters. The summed E-state index contributed by atoms with van der Waals surface area (Å²) in [5, 5.41) is 8.79. The van der Waals surface area contributed by atoms with Crippen molar-refractivity contribution in [3.8, 4) is 6.07 Å². The average Bonchev–Trinajstić information content (AvgIpc) is 2.42. The summed E-state index contributed by atoms with van der Waals surface area (Å²) in [6.07, 6.45) is 1.57. The molecule has 0 saturated carbocycles. The van der Waals surface area contributed by atoms with E-state index in [4.69, 9.17) is 5.26 Å². The molecule has 1 atom stereocenters. The van der Waals surface area contributed by atoms with Gasteiger partial charge in [-0.3, -0.25) is 4.21 Å². The molecule has 2 rings (SSSR count). The van der Waals surface area contributed by atoms with E-state index in [1.165, 1.54) is 5.56 Å². The van der Waals surface area contributed by atoms with Gasteiger partial charge in [0.1, 0.15) is 11.8 Å². The Kier molecular flexibility index (Phi) is 4.08. The number of hydrogen-bond donors (Lipinski definition) is 0. The Balaban J connectivity index is 2.21. The van der Waals surface area contributed by atoms with E-state index in [9.17, 15) is 4.21 Å². The minimum atomic E-state index is -1.10. The second-order valence-corrected chi connectivity index (χ2v) is 5.85. The molecule has 1 heterocycles. The van der Waals surface area contributed by atoms with Gasteiger partial charge < -0.3 is 0 Å². The molecule has 0 N–H and O–H groups in total. The van der Waals surface area contributed by atoms with E-state index in [1.807, 2.05) is 38.1 Å². The Bertz CT molecular complexity index is 674. The molecule has 0 amide bonds. The van der Waals surface area contributed by atoms with Crippen LogP contribution in [0.5, 0.6) is 0 Å². The van der Waals surface area contributed by atoms with Crippen molar-refractivity contribution in [2.24, 2.45) is 0 Å². The van der Waals surface area contributed by atoms with Gasteiger partial charge in [-0.15, -0.1) is 0 Å². The predicted molar refractivity (Wildman–Crippen MR) is 75.0 cm³/mol. The number of aromatic nitrogens is 1. The van der Waals surface area contributed by atoms with Crippen LogP contribution in [0.15, 0.2) is 41.4 Å². The molecule has 0 saturated heterocycles. The van der Waals surface area contributed by atoms with Gasteiger partial charge in [0.15, 0.2) is 0 Å². The summed E-state index contributed by atoms with van der Waals surface area (Å²) in [5.74, 6) is 0.402. The van der Waals surface area contributed by atoms with E-state index >= 15 is 0 Å². The van der Waals surface area contributed by atoms with Crippen molar-refractivity contribution in [2.75, 3.05) is 0 Å². The highest BCUT2D eigenvalue weighted by molar-refractivity contribution is 7.84. The van der Waals surface area contributed by atoms with Crippen molar-refractivity contribution in [2.45, 2.75) is 24.5 Å². The third-order valence-electron chi connectivity index (χ3n) is 2.98. The van der Waals surface area contributed by atoms with Gasteiger partial charge in [-0.05, 0) is 54.8 Å². The van der Waals surface area contributed by atoms with Crippen LogP contribution in [0.2, 0.25) is 0 Å². The van der Waals surface area contributed by atoms with Crippen LogP contribution in [0, 0.1) is 25.2 Å². The molecule has 1 aromatic heterocycles. The lowest BCUT2D eigenvalue weighted by atomic mass is 10.1. The van der Waals surface area contributed by atoms with Gasteiger partial charge in [-0.1, -0.05) is 6.07 Å². The van der Waals surface area contributed by atoms with Crippen molar-refractivity contribution in [3.63, 3.8) is 0 Å². The van der Waals surface area contributed by atoms with Gasteiger partial charge in [-0.2, -0.15) is 5.26 Å². The summed E-state index contributed by atoms with van der Waals surface area (Å²) in [5.41, 5.74) is 3.55. The van der Waals surface area contributed by atoms with Crippen molar-refractivity contribution < 1.29 is 4.21 Å². The maximum Gasteiger partial charge on any atom is 0.140 e. The van der Waals surface area contributed by atoms with Crippen LogP contribution in [0.4, 0.5) is 0 Å². The van der Waals surface area contributed by atoms with Gasteiger partial charge >= 0.3 is 0 Å². The minimum Gasteiger partial charge on any atom is -0.254 e. The molecule has 0 bridgehead atoms. The Morgan fingerprint density at radius 3 is 2.68 bits per heavy atom. The summed E-state index contributed by atoms with van der Waals surface area (Å²) in [6, 6.07) is 11.3. The van der Waals surface area contributed by atoms with E-state index < -0.39 is 10.8 Å². The van der Waals surface area contributed by atoms with Crippen LogP contribution in [0.25, 0.3) is 0 Å². The van der Waals surface area contributed by atoms with E-state index in [-0.39, 0.29) is 0 Å². The normalized spacial score (nSPS) is 11.8. The number of benzene rings is 1. The Labute approximate surface area is 115 Å². The first-order chi connectivity index (χ1) is 9.10. The number of nitriles is 1. The van der Waals surface area contributed by atoms with Crippen LogP contribution in [-0.2, 0) is 16.6 Å². The molecule has 0 aliphatic heterocycles. The van der Waals surface area contributed by atoms with E-state index in [1.54, 1.807) is 18.3 Å². The SMILES string of the molecule is Cc1ccc(S(=O)Cc2ccnc(C#N)c2)cc1C. The Morgan fingerprint density at radius 2 is 2.00 bits per heavy atom. The molecule has 0 spiro atoms. The topological polar surface area (TPSA) is 53.8 Å². The monoisotopic (exact) mass is 270 g/mol. The zero-order valence-corrected chi connectivity index (χ0v) is 11.7.